The lowest BCUT2D eigenvalue weighted by atomic mass is 10.1. The number of hydrogen-bond acceptors (Lipinski definition) is 6. The average molecular weight is 456 g/mol. The van der Waals surface area contributed by atoms with Gasteiger partial charge in [-0.3, -0.25) is 20.3 Å². The molecule has 3 aliphatic rings. The number of anilines is 1. The van der Waals surface area contributed by atoms with Crippen LogP contribution in [0.4, 0.5) is 16.2 Å². The molecule has 2 N–H and O–H groups in total. The first kappa shape index (κ1) is 22.8. The van der Waals surface area contributed by atoms with Gasteiger partial charge in [-0.05, 0) is 37.8 Å². The molecule has 176 valence electrons. The second-order valence-corrected chi connectivity index (χ2v) is 8.42. The third-order valence-corrected chi connectivity index (χ3v) is 6.12. The van der Waals surface area contributed by atoms with Gasteiger partial charge in [-0.2, -0.15) is 0 Å². The molecule has 0 atom stereocenters. The Bertz CT molecular complexity index is 989. The van der Waals surface area contributed by atoms with Gasteiger partial charge >= 0.3 is 6.09 Å². The van der Waals surface area contributed by atoms with Gasteiger partial charge in [0.15, 0.2) is 0 Å². The van der Waals surface area contributed by atoms with Crippen LogP contribution in [0.25, 0.3) is 0 Å². The number of benzene rings is 1. The van der Waals surface area contributed by atoms with E-state index in [0.29, 0.717) is 41.5 Å². The summed E-state index contributed by atoms with van der Waals surface area (Å²) in [5, 5.41) is 11.2. The summed E-state index contributed by atoms with van der Waals surface area (Å²) >= 11 is 0. The predicted octanol–water partition coefficient (Wildman–Crippen LogP) is 3.38. The molecule has 0 bridgehead atoms. The molecule has 1 aromatic carbocycles. The highest BCUT2D eigenvalue weighted by atomic mass is 16.6. The molecule has 2 amide bonds. The highest BCUT2D eigenvalue weighted by molar-refractivity contribution is 5.95. The Kier molecular flexibility index (Phi) is 7.29. The lowest BCUT2D eigenvalue weighted by Gasteiger charge is -2.18. The van der Waals surface area contributed by atoms with E-state index in [1.807, 2.05) is 17.0 Å². The summed E-state index contributed by atoms with van der Waals surface area (Å²) < 4.78 is 6.61. The fourth-order valence-electron chi connectivity index (χ4n) is 4.42. The molecule has 0 aromatic heterocycles. The van der Waals surface area contributed by atoms with E-state index in [9.17, 15) is 14.8 Å². The van der Waals surface area contributed by atoms with E-state index in [-0.39, 0.29) is 24.8 Å². The molecule has 0 saturated carbocycles. The molecule has 2 fully saturated rings. The first-order chi connectivity index (χ1) is 16.1. The number of hydrogen-bond donors (Lipinski definition) is 2. The summed E-state index contributed by atoms with van der Waals surface area (Å²) in [6.45, 7) is 2.94. The van der Waals surface area contributed by atoms with Crippen molar-refractivity contribution in [2.24, 2.45) is 0 Å². The topological polar surface area (TPSA) is 94.4 Å². The SMILES string of the molecule is CONc1cccc(CC(=O)N2CCCC2)c1/[N+](O)=C1/C=CC=C(OC(=O)N2CCCC2)C1. The predicted molar refractivity (Wildman–Crippen MR) is 122 cm³/mol. The maximum atomic E-state index is 12.8. The fourth-order valence-corrected chi connectivity index (χ4v) is 4.42. The largest absolute Gasteiger partial charge is 0.414 e. The quantitative estimate of drug-likeness (QED) is 0.388. The first-order valence-corrected chi connectivity index (χ1v) is 11.4. The second-order valence-electron chi connectivity index (χ2n) is 8.42. The monoisotopic (exact) mass is 455 g/mol. The molecule has 1 aromatic rings. The summed E-state index contributed by atoms with van der Waals surface area (Å²) in [6, 6.07) is 5.41. The molecule has 0 spiro atoms. The van der Waals surface area contributed by atoms with Gasteiger partial charge in [-0.1, -0.05) is 18.2 Å². The summed E-state index contributed by atoms with van der Waals surface area (Å²) in [5.41, 5.74) is 4.93. The molecule has 0 unspecified atom stereocenters. The van der Waals surface area contributed by atoms with Crippen LogP contribution in [0, 0.1) is 0 Å². The van der Waals surface area contributed by atoms with Crippen molar-refractivity contribution in [2.45, 2.75) is 38.5 Å². The van der Waals surface area contributed by atoms with Gasteiger partial charge in [0.2, 0.25) is 11.6 Å². The Hall–Kier alpha value is -3.33. The highest BCUT2D eigenvalue weighted by Crippen LogP contribution is 2.31. The lowest BCUT2D eigenvalue weighted by molar-refractivity contribution is -0.712. The number of ether oxygens (including phenoxy) is 1. The smallest absolute Gasteiger partial charge is 0.414 e. The van der Waals surface area contributed by atoms with Crippen molar-refractivity contribution in [1.29, 1.82) is 0 Å². The number of carbonyl (C=O) groups is 2. The highest BCUT2D eigenvalue weighted by Gasteiger charge is 2.30. The van der Waals surface area contributed by atoms with Crippen LogP contribution in [0.2, 0.25) is 0 Å². The maximum Gasteiger partial charge on any atom is 0.414 e. The van der Waals surface area contributed by atoms with Crippen molar-refractivity contribution >= 4 is 29.1 Å². The summed E-state index contributed by atoms with van der Waals surface area (Å²) in [6.07, 6.45) is 9.24. The standard InChI is InChI=1S/C24H31N4O5/c1-32-25-21-11-6-8-18(16-22(29)26-12-2-3-13-26)23(21)28(31)19-9-7-10-20(17-19)33-24(30)27-14-4-5-15-27/h6-11,25,31H,2-5,12-17H2,1H3/q+1/b28-19+. The Balaban J connectivity index is 1.58. The minimum atomic E-state index is -0.365. The van der Waals surface area contributed by atoms with Gasteiger partial charge in [0, 0.05) is 42.6 Å². The zero-order valence-corrected chi connectivity index (χ0v) is 19.0. The fraction of sp³-hybridized carbons (Fsp3) is 0.458. The van der Waals surface area contributed by atoms with Crippen LogP contribution >= 0.6 is 0 Å². The Morgan fingerprint density at radius 2 is 1.79 bits per heavy atom. The Morgan fingerprint density at radius 1 is 1.09 bits per heavy atom. The van der Waals surface area contributed by atoms with Crippen LogP contribution < -0.4 is 5.48 Å². The maximum absolute atomic E-state index is 12.8. The number of allylic oxidation sites excluding steroid dienone is 4. The van der Waals surface area contributed by atoms with E-state index >= 15 is 0 Å². The van der Waals surface area contributed by atoms with Crippen LogP contribution in [0.3, 0.4) is 0 Å². The van der Waals surface area contributed by atoms with Gasteiger partial charge in [0.05, 0.1) is 20.0 Å². The molecule has 2 heterocycles. The van der Waals surface area contributed by atoms with E-state index < -0.39 is 0 Å². The third kappa shape index (κ3) is 5.36. The number of carbonyl (C=O) groups excluding carboxylic acids is 2. The number of likely N-dealkylation sites (tertiary alicyclic amines) is 2. The van der Waals surface area contributed by atoms with Crippen LogP contribution in [-0.2, 0) is 20.8 Å². The first-order valence-electron chi connectivity index (χ1n) is 11.4. The van der Waals surface area contributed by atoms with E-state index in [4.69, 9.17) is 9.57 Å². The zero-order chi connectivity index (χ0) is 23.2. The van der Waals surface area contributed by atoms with Crippen molar-refractivity contribution < 1.29 is 29.1 Å². The van der Waals surface area contributed by atoms with Gasteiger partial charge in [0.1, 0.15) is 11.4 Å². The van der Waals surface area contributed by atoms with Crippen molar-refractivity contribution in [2.75, 3.05) is 38.8 Å². The number of para-hydroxylation sites is 1. The molecule has 9 heteroatoms. The van der Waals surface area contributed by atoms with E-state index in [1.54, 1.807) is 29.2 Å². The summed E-state index contributed by atoms with van der Waals surface area (Å²) in [4.78, 5) is 33.8. The van der Waals surface area contributed by atoms with E-state index in [2.05, 4.69) is 5.48 Å². The number of nitrogens with one attached hydrogen (secondary N) is 1. The normalized spacial score (nSPS) is 19.5. The molecule has 4 rings (SSSR count). The second kappa shape index (κ2) is 10.5. The van der Waals surface area contributed by atoms with Crippen LogP contribution in [0.1, 0.15) is 37.7 Å². The van der Waals surface area contributed by atoms with Gasteiger partial charge in [-0.25, -0.2) is 4.79 Å². The van der Waals surface area contributed by atoms with Crippen molar-refractivity contribution in [3.63, 3.8) is 0 Å². The molecule has 0 radical (unpaired) electrons. The molecule has 2 saturated heterocycles. The summed E-state index contributed by atoms with van der Waals surface area (Å²) in [7, 11) is 1.49. The third-order valence-electron chi connectivity index (χ3n) is 6.12. The van der Waals surface area contributed by atoms with Gasteiger partial charge in [0.25, 0.3) is 5.69 Å². The van der Waals surface area contributed by atoms with Crippen molar-refractivity contribution in [1.82, 2.24) is 9.80 Å². The zero-order valence-electron chi connectivity index (χ0n) is 19.0. The molecule has 33 heavy (non-hydrogen) atoms. The number of rotatable bonds is 6. The van der Waals surface area contributed by atoms with Crippen LogP contribution in [0.15, 0.2) is 42.2 Å². The molecular weight excluding hydrogens is 424 g/mol. The Labute approximate surface area is 193 Å². The van der Waals surface area contributed by atoms with E-state index in [1.165, 1.54) is 7.11 Å². The minimum Gasteiger partial charge on any atom is -0.414 e. The molecule has 9 nitrogen and oxygen atoms in total. The van der Waals surface area contributed by atoms with Gasteiger partial charge in [-0.15, -0.1) is 0 Å². The van der Waals surface area contributed by atoms with E-state index in [0.717, 1.165) is 43.5 Å². The molecule has 1 aliphatic carbocycles. The number of amides is 2. The molecule has 2 aliphatic heterocycles. The van der Waals surface area contributed by atoms with Crippen LogP contribution in [0.5, 0.6) is 0 Å². The lowest BCUT2D eigenvalue weighted by Crippen LogP contribution is -2.30. The molecular formula is C24H31N4O5+. The van der Waals surface area contributed by atoms with Crippen LogP contribution in [-0.4, -0.2) is 70.7 Å². The summed E-state index contributed by atoms with van der Waals surface area (Å²) in [5.74, 6) is 0.483. The Morgan fingerprint density at radius 3 is 2.48 bits per heavy atom. The number of nitrogens with zero attached hydrogens (tertiary/aromatic N) is 3. The van der Waals surface area contributed by atoms with Gasteiger partial charge < -0.3 is 14.5 Å². The van der Waals surface area contributed by atoms with Crippen molar-refractivity contribution in [3.05, 3.63) is 47.7 Å². The van der Waals surface area contributed by atoms with Crippen molar-refractivity contribution in [3.8, 4) is 0 Å². The average Bonchev–Trinajstić information content (AvgIpc) is 3.54. The minimum absolute atomic E-state index is 0.0287.